The summed E-state index contributed by atoms with van der Waals surface area (Å²) in [5.74, 6) is 0.688. The molecule has 9 heteroatoms. The van der Waals surface area contributed by atoms with Crippen molar-refractivity contribution in [2.45, 2.75) is 39.4 Å². The van der Waals surface area contributed by atoms with Gasteiger partial charge in [0.25, 0.3) is 0 Å². The summed E-state index contributed by atoms with van der Waals surface area (Å²) in [5.41, 5.74) is 11.7. The van der Waals surface area contributed by atoms with Gasteiger partial charge in [-0.2, -0.15) is 0 Å². The highest BCUT2D eigenvalue weighted by molar-refractivity contribution is 5.73. The largest absolute Gasteiger partial charge is 0.382 e. The van der Waals surface area contributed by atoms with Gasteiger partial charge in [0.05, 0.1) is 30.7 Å². The van der Waals surface area contributed by atoms with Crippen LogP contribution in [0.3, 0.4) is 0 Å². The van der Waals surface area contributed by atoms with Gasteiger partial charge >= 0.3 is 0 Å². The number of anilines is 2. The molecule has 2 aromatic heterocycles. The number of aromatic nitrogens is 3. The summed E-state index contributed by atoms with van der Waals surface area (Å²) in [7, 11) is 1.65. The van der Waals surface area contributed by atoms with Gasteiger partial charge in [0, 0.05) is 29.8 Å². The molecule has 2 aromatic carbocycles. The van der Waals surface area contributed by atoms with Gasteiger partial charge in [-0.25, -0.2) is 14.4 Å². The molecule has 0 aliphatic carbocycles. The lowest BCUT2D eigenvalue weighted by Crippen LogP contribution is -2.29. The number of hydroxylamine groups is 1. The molecule has 0 aliphatic heterocycles. The first kappa shape index (κ1) is 25.3. The quantitative estimate of drug-likeness (QED) is 0.290. The van der Waals surface area contributed by atoms with Crippen molar-refractivity contribution in [1.29, 1.82) is 0 Å². The van der Waals surface area contributed by atoms with Crippen molar-refractivity contribution in [2.24, 2.45) is 0 Å². The van der Waals surface area contributed by atoms with E-state index in [9.17, 15) is 4.39 Å². The topological polar surface area (TPSA) is 102 Å². The summed E-state index contributed by atoms with van der Waals surface area (Å²) in [5, 5.41) is 9.15. The van der Waals surface area contributed by atoms with Crippen LogP contribution in [0.5, 0.6) is 0 Å². The molecule has 8 nitrogen and oxygen atoms in total. The predicted octanol–water partition coefficient (Wildman–Crippen LogP) is 5.27. The van der Waals surface area contributed by atoms with Crippen molar-refractivity contribution in [2.75, 3.05) is 24.6 Å². The second-order valence-corrected chi connectivity index (χ2v) is 8.85. The molecule has 0 bridgehead atoms. The molecule has 3 N–H and O–H groups in total. The van der Waals surface area contributed by atoms with Crippen molar-refractivity contribution >= 4 is 11.5 Å². The Bertz CT molecular complexity index is 1270. The van der Waals surface area contributed by atoms with Crippen LogP contribution in [0.15, 0.2) is 65.3 Å². The van der Waals surface area contributed by atoms with Crippen LogP contribution < -0.4 is 16.1 Å². The highest BCUT2D eigenvalue weighted by Crippen LogP contribution is 2.30. The van der Waals surface area contributed by atoms with E-state index < -0.39 is 6.67 Å². The average molecular weight is 491 g/mol. The fourth-order valence-corrected chi connectivity index (χ4v) is 3.78. The molecule has 1 unspecified atom stereocenters. The average Bonchev–Trinajstić information content (AvgIpc) is 3.38. The smallest absolute Gasteiger partial charge is 0.189 e. The molecule has 0 saturated heterocycles. The van der Waals surface area contributed by atoms with Crippen LogP contribution in [0.25, 0.3) is 34.0 Å². The molecule has 0 fully saturated rings. The summed E-state index contributed by atoms with van der Waals surface area (Å²) in [4.78, 5) is 14.5. The lowest BCUT2D eigenvalue weighted by molar-refractivity contribution is 0.148. The predicted molar refractivity (Wildman–Crippen MR) is 140 cm³/mol. The molecule has 1 atom stereocenters. The summed E-state index contributed by atoms with van der Waals surface area (Å²) >= 11 is 0. The minimum absolute atomic E-state index is 0.178. The number of alkyl halides is 1. The molecular weight excluding hydrogens is 459 g/mol. The second-order valence-electron chi connectivity index (χ2n) is 8.85. The molecule has 0 spiro atoms. The summed E-state index contributed by atoms with van der Waals surface area (Å²) < 4.78 is 18.2. The van der Waals surface area contributed by atoms with E-state index >= 15 is 0 Å². The zero-order valence-corrected chi connectivity index (χ0v) is 20.9. The van der Waals surface area contributed by atoms with Crippen molar-refractivity contribution < 1.29 is 13.8 Å². The highest BCUT2D eigenvalue weighted by atomic mass is 19.1. The summed E-state index contributed by atoms with van der Waals surface area (Å²) in [6, 6.07) is 17.5. The van der Waals surface area contributed by atoms with Crippen LogP contribution in [0.1, 0.15) is 26.3 Å². The van der Waals surface area contributed by atoms with Gasteiger partial charge in [0.15, 0.2) is 17.3 Å². The Morgan fingerprint density at radius 2 is 1.69 bits per heavy atom. The lowest BCUT2D eigenvalue weighted by atomic mass is 10.1. The molecule has 0 radical (unpaired) electrons. The minimum Gasteiger partial charge on any atom is -0.382 e. The van der Waals surface area contributed by atoms with Gasteiger partial charge in [0.1, 0.15) is 12.4 Å². The number of nitrogens with one attached hydrogen (secondary N) is 1. The molecule has 4 aromatic rings. The zero-order valence-electron chi connectivity index (χ0n) is 20.9. The van der Waals surface area contributed by atoms with Gasteiger partial charge in [-0.05, 0) is 38.5 Å². The van der Waals surface area contributed by atoms with Crippen LogP contribution in [0.2, 0.25) is 0 Å². The normalized spacial score (nSPS) is 12.2. The number of nitrogens with zero attached hydrogens (tertiary/aromatic N) is 4. The first-order valence-corrected chi connectivity index (χ1v) is 11.8. The Morgan fingerprint density at radius 1 is 1.03 bits per heavy atom. The summed E-state index contributed by atoms with van der Waals surface area (Å²) in [6.07, 6.45) is 1.64. The van der Waals surface area contributed by atoms with E-state index in [0.29, 0.717) is 29.4 Å². The molecule has 4 rings (SSSR count). The van der Waals surface area contributed by atoms with Crippen molar-refractivity contribution in [3.05, 3.63) is 66.4 Å². The fraction of sp³-hybridized carbons (Fsp3) is 0.296. The van der Waals surface area contributed by atoms with Crippen LogP contribution >= 0.6 is 0 Å². The first-order valence-electron chi connectivity index (χ1n) is 11.8. The number of hydrogen-bond acceptors (Lipinski definition) is 8. The maximum absolute atomic E-state index is 12.6. The van der Waals surface area contributed by atoms with E-state index in [-0.39, 0.29) is 17.9 Å². The van der Waals surface area contributed by atoms with E-state index in [1.165, 1.54) is 0 Å². The van der Waals surface area contributed by atoms with Gasteiger partial charge in [-0.15, -0.1) is 0 Å². The van der Waals surface area contributed by atoms with E-state index in [1.54, 1.807) is 19.4 Å². The molecule has 0 saturated carbocycles. The van der Waals surface area contributed by atoms with Crippen LogP contribution in [0, 0.1) is 0 Å². The number of rotatable bonds is 10. The molecular formula is C27H31FN6O2. The number of nitrogen functional groups attached to an aromatic ring is 1. The molecule has 2 heterocycles. The number of nitrogens with two attached hydrogens (primary N) is 1. The van der Waals surface area contributed by atoms with Gasteiger partial charge in [-0.1, -0.05) is 41.6 Å². The van der Waals surface area contributed by atoms with E-state index in [2.05, 4.69) is 29.3 Å². The summed E-state index contributed by atoms with van der Waals surface area (Å²) in [6.45, 7) is 6.12. The Kier molecular flexibility index (Phi) is 7.92. The molecule has 188 valence electrons. The van der Waals surface area contributed by atoms with Crippen LogP contribution in [-0.2, 0) is 11.4 Å². The van der Waals surface area contributed by atoms with Crippen LogP contribution in [0.4, 0.5) is 15.9 Å². The third-order valence-corrected chi connectivity index (χ3v) is 5.76. The van der Waals surface area contributed by atoms with Crippen molar-refractivity contribution in [3.8, 4) is 34.0 Å². The van der Waals surface area contributed by atoms with Gasteiger partial charge in [-0.3, -0.25) is 9.90 Å². The Labute approximate surface area is 210 Å². The first-order chi connectivity index (χ1) is 17.4. The van der Waals surface area contributed by atoms with Gasteiger partial charge in [0.2, 0.25) is 0 Å². The minimum atomic E-state index is -0.400. The number of halogens is 1. The zero-order chi connectivity index (χ0) is 25.7. The SMILES string of the molecule is CON(c1ccc(-c2cnc(N)c(-c3cc(-c4ccc(CNC(C)CF)cc4)no3)n2)cc1)C(C)C. The van der Waals surface area contributed by atoms with E-state index in [4.69, 9.17) is 20.1 Å². The van der Waals surface area contributed by atoms with Gasteiger partial charge < -0.3 is 15.6 Å². The Balaban J connectivity index is 1.54. The van der Waals surface area contributed by atoms with Crippen molar-refractivity contribution in [1.82, 2.24) is 20.4 Å². The molecule has 0 aliphatic rings. The van der Waals surface area contributed by atoms with E-state index in [0.717, 1.165) is 22.4 Å². The lowest BCUT2D eigenvalue weighted by Gasteiger charge is -2.25. The fourth-order valence-electron chi connectivity index (χ4n) is 3.78. The monoisotopic (exact) mass is 490 g/mol. The number of hydrogen-bond donors (Lipinski definition) is 2. The van der Waals surface area contributed by atoms with Crippen molar-refractivity contribution in [3.63, 3.8) is 0 Å². The third-order valence-electron chi connectivity index (χ3n) is 5.76. The maximum atomic E-state index is 12.6. The number of benzene rings is 2. The molecule has 36 heavy (non-hydrogen) atoms. The van der Waals surface area contributed by atoms with Crippen LogP contribution in [-0.4, -0.2) is 41.0 Å². The Hall–Kier alpha value is -3.82. The third kappa shape index (κ3) is 5.69. The highest BCUT2D eigenvalue weighted by Gasteiger charge is 2.16. The maximum Gasteiger partial charge on any atom is 0.189 e. The Morgan fingerprint density at radius 3 is 2.33 bits per heavy atom. The molecule has 0 amide bonds. The second kappa shape index (κ2) is 11.3. The standard InChI is InChI=1S/C27H31FN6O2/c1-17(2)34(35-4)22-11-9-21(10-12-22)24-16-31-27(29)26(32-24)25-13-23(33-36-25)20-7-5-19(6-8-20)15-30-18(3)14-28/h5-13,16-18,30H,14-15H2,1-4H3,(H2,29,31). The van der Waals surface area contributed by atoms with E-state index in [1.807, 2.05) is 60.5 Å².